The van der Waals surface area contributed by atoms with E-state index in [1.54, 1.807) is 55.5 Å². The zero-order valence-corrected chi connectivity index (χ0v) is 16.6. The van der Waals surface area contributed by atoms with Crippen molar-refractivity contribution in [2.24, 2.45) is 0 Å². The summed E-state index contributed by atoms with van der Waals surface area (Å²) < 4.78 is 4.51. The van der Waals surface area contributed by atoms with Crippen LogP contribution >= 0.6 is 0 Å². The van der Waals surface area contributed by atoms with Gasteiger partial charge in [0.25, 0.3) is 5.91 Å². The summed E-state index contributed by atoms with van der Waals surface area (Å²) in [5, 5.41) is 7.87. The number of amides is 5. The van der Waals surface area contributed by atoms with Gasteiger partial charge in [-0.1, -0.05) is 42.5 Å². The Morgan fingerprint density at radius 3 is 2.37 bits per heavy atom. The molecule has 3 rings (SSSR count). The van der Waals surface area contributed by atoms with E-state index in [4.69, 9.17) is 0 Å². The summed E-state index contributed by atoms with van der Waals surface area (Å²) >= 11 is 0. The minimum absolute atomic E-state index is 0.205. The average molecular weight is 410 g/mol. The van der Waals surface area contributed by atoms with Gasteiger partial charge in [-0.05, 0) is 30.2 Å². The Morgan fingerprint density at radius 2 is 1.73 bits per heavy atom. The van der Waals surface area contributed by atoms with Crippen LogP contribution < -0.4 is 16.0 Å². The van der Waals surface area contributed by atoms with Crippen LogP contribution in [0.5, 0.6) is 0 Å². The van der Waals surface area contributed by atoms with Gasteiger partial charge in [-0.25, -0.2) is 9.59 Å². The van der Waals surface area contributed by atoms with E-state index in [2.05, 4.69) is 20.7 Å². The second-order valence-corrected chi connectivity index (χ2v) is 6.90. The van der Waals surface area contributed by atoms with Crippen LogP contribution in [0.15, 0.2) is 54.6 Å². The molecular formula is C21H22N4O5. The Labute approximate surface area is 173 Å². The van der Waals surface area contributed by atoms with Crippen LogP contribution in [-0.2, 0) is 26.4 Å². The van der Waals surface area contributed by atoms with E-state index in [0.717, 1.165) is 10.5 Å². The fourth-order valence-corrected chi connectivity index (χ4v) is 3.08. The van der Waals surface area contributed by atoms with Gasteiger partial charge < -0.3 is 15.4 Å². The van der Waals surface area contributed by atoms with Gasteiger partial charge in [-0.2, -0.15) is 0 Å². The molecule has 0 saturated carbocycles. The third-order valence-corrected chi connectivity index (χ3v) is 4.80. The first kappa shape index (κ1) is 20.8. The highest BCUT2D eigenvalue weighted by Gasteiger charge is 2.49. The van der Waals surface area contributed by atoms with Crippen molar-refractivity contribution in [2.45, 2.75) is 19.0 Å². The van der Waals surface area contributed by atoms with Crippen LogP contribution in [0.25, 0.3) is 0 Å². The minimum Gasteiger partial charge on any atom is -0.453 e. The summed E-state index contributed by atoms with van der Waals surface area (Å²) in [6.45, 7) is 1.44. The molecule has 2 aromatic carbocycles. The van der Waals surface area contributed by atoms with Crippen molar-refractivity contribution >= 4 is 29.6 Å². The van der Waals surface area contributed by atoms with Gasteiger partial charge >= 0.3 is 12.1 Å². The molecule has 9 nitrogen and oxygen atoms in total. The van der Waals surface area contributed by atoms with E-state index in [9.17, 15) is 19.2 Å². The van der Waals surface area contributed by atoms with Crippen molar-refractivity contribution in [2.75, 3.05) is 19.0 Å². The molecule has 9 heteroatoms. The molecular weight excluding hydrogens is 388 g/mol. The fraction of sp³-hybridized carbons (Fsp3) is 0.238. The van der Waals surface area contributed by atoms with Crippen molar-refractivity contribution in [3.8, 4) is 0 Å². The van der Waals surface area contributed by atoms with E-state index >= 15 is 0 Å². The smallest absolute Gasteiger partial charge is 0.411 e. The molecule has 0 spiro atoms. The van der Waals surface area contributed by atoms with Crippen molar-refractivity contribution in [3.63, 3.8) is 0 Å². The second kappa shape index (κ2) is 8.64. The molecule has 1 unspecified atom stereocenters. The zero-order valence-electron chi connectivity index (χ0n) is 16.6. The van der Waals surface area contributed by atoms with Gasteiger partial charge in [0, 0.05) is 12.2 Å². The molecule has 1 aliphatic rings. The highest BCUT2D eigenvalue weighted by Crippen LogP contribution is 2.28. The fourth-order valence-electron chi connectivity index (χ4n) is 3.08. The lowest BCUT2D eigenvalue weighted by Gasteiger charge is -2.22. The third-order valence-electron chi connectivity index (χ3n) is 4.80. The van der Waals surface area contributed by atoms with E-state index < -0.39 is 29.5 Å². The Hall–Kier alpha value is -3.88. The SMILES string of the molecule is COC(=O)Nc1ccc(CNC(=O)CN2C(=O)NC(C)(c3ccccc3)C2=O)cc1. The van der Waals surface area contributed by atoms with Crippen LogP contribution in [0, 0.1) is 0 Å². The van der Waals surface area contributed by atoms with E-state index in [0.29, 0.717) is 11.3 Å². The summed E-state index contributed by atoms with van der Waals surface area (Å²) in [6, 6.07) is 15.1. The minimum atomic E-state index is -1.21. The first-order chi connectivity index (χ1) is 14.3. The van der Waals surface area contributed by atoms with Crippen molar-refractivity contribution < 1.29 is 23.9 Å². The number of anilines is 1. The number of hydrogen-bond donors (Lipinski definition) is 3. The van der Waals surface area contributed by atoms with Gasteiger partial charge in [0.2, 0.25) is 5.91 Å². The normalized spacial score (nSPS) is 18.0. The molecule has 30 heavy (non-hydrogen) atoms. The first-order valence-corrected chi connectivity index (χ1v) is 9.24. The van der Waals surface area contributed by atoms with Gasteiger partial charge in [0.05, 0.1) is 7.11 Å². The molecule has 1 saturated heterocycles. The first-order valence-electron chi connectivity index (χ1n) is 9.24. The van der Waals surface area contributed by atoms with Crippen molar-refractivity contribution in [3.05, 3.63) is 65.7 Å². The van der Waals surface area contributed by atoms with Gasteiger partial charge in [-0.15, -0.1) is 0 Å². The summed E-state index contributed by atoms with van der Waals surface area (Å²) in [6.07, 6.45) is -0.577. The molecule has 0 radical (unpaired) electrons. The molecule has 2 aromatic rings. The van der Waals surface area contributed by atoms with E-state index in [1.165, 1.54) is 7.11 Å². The summed E-state index contributed by atoms with van der Waals surface area (Å²) in [7, 11) is 1.27. The number of methoxy groups -OCH3 is 1. The Bertz CT molecular complexity index is 961. The monoisotopic (exact) mass is 410 g/mol. The number of rotatable bonds is 6. The number of carbonyl (C=O) groups excluding carboxylic acids is 4. The number of nitrogens with zero attached hydrogens (tertiary/aromatic N) is 1. The predicted molar refractivity (Wildman–Crippen MR) is 108 cm³/mol. The number of hydrogen-bond acceptors (Lipinski definition) is 5. The van der Waals surface area contributed by atoms with Crippen LogP contribution in [0.4, 0.5) is 15.3 Å². The third kappa shape index (κ3) is 4.40. The molecule has 1 heterocycles. The Kier molecular flexibility index (Phi) is 6.01. The Balaban J connectivity index is 1.57. The number of benzene rings is 2. The van der Waals surface area contributed by atoms with Crippen LogP contribution in [0.2, 0.25) is 0 Å². The molecule has 3 N–H and O–H groups in total. The number of imide groups is 1. The summed E-state index contributed by atoms with van der Waals surface area (Å²) in [5.74, 6) is -0.945. The van der Waals surface area contributed by atoms with Crippen molar-refractivity contribution in [1.29, 1.82) is 0 Å². The molecule has 156 valence electrons. The maximum absolute atomic E-state index is 12.8. The second-order valence-electron chi connectivity index (χ2n) is 6.90. The zero-order chi connectivity index (χ0) is 21.7. The van der Waals surface area contributed by atoms with Crippen LogP contribution in [0.1, 0.15) is 18.1 Å². The maximum Gasteiger partial charge on any atom is 0.411 e. The number of ether oxygens (including phenoxy) is 1. The Morgan fingerprint density at radius 1 is 1.07 bits per heavy atom. The summed E-state index contributed by atoms with van der Waals surface area (Å²) in [4.78, 5) is 49.5. The van der Waals surface area contributed by atoms with Gasteiger partial charge in [0.15, 0.2) is 0 Å². The quantitative estimate of drug-likeness (QED) is 0.630. The lowest BCUT2D eigenvalue weighted by Crippen LogP contribution is -2.43. The van der Waals surface area contributed by atoms with E-state index in [-0.39, 0.29) is 13.1 Å². The largest absolute Gasteiger partial charge is 0.453 e. The average Bonchev–Trinajstić information content (AvgIpc) is 2.97. The highest BCUT2D eigenvalue weighted by molar-refractivity contribution is 6.09. The molecule has 1 aliphatic heterocycles. The topological polar surface area (TPSA) is 117 Å². The number of urea groups is 1. The van der Waals surface area contributed by atoms with E-state index in [1.807, 2.05) is 6.07 Å². The molecule has 1 atom stereocenters. The molecule has 1 fully saturated rings. The standard InChI is InChI=1S/C21H22N4O5/c1-21(15-6-4-3-5-7-15)18(27)25(19(28)24-21)13-17(26)22-12-14-8-10-16(11-9-14)23-20(29)30-2/h3-11H,12-13H2,1-2H3,(H,22,26)(H,23,29)(H,24,28). The maximum atomic E-state index is 12.8. The molecule has 0 aromatic heterocycles. The van der Waals surface area contributed by atoms with Gasteiger partial charge in [-0.3, -0.25) is 19.8 Å². The molecule has 0 bridgehead atoms. The number of nitrogens with one attached hydrogen (secondary N) is 3. The lowest BCUT2D eigenvalue weighted by molar-refractivity contribution is -0.134. The predicted octanol–water partition coefficient (Wildman–Crippen LogP) is 1.95. The van der Waals surface area contributed by atoms with Crippen LogP contribution in [0.3, 0.4) is 0 Å². The van der Waals surface area contributed by atoms with Crippen molar-refractivity contribution in [1.82, 2.24) is 15.5 Å². The molecule has 0 aliphatic carbocycles. The lowest BCUT2D eigenvalue weighted by atomic mass is 9.92. The highest BCUT2D eigenvalue weighted by atomic mass is 16.5. The van der Waals surface area contributed by atoms with Gasteiger partial charge in [0.1, 0.15) is 12.1 Å². The van der Waals surface area contributed by atoms with Crippen LogP contribution in [-0.4, -0.2) is 42.5 Å². The summed E-state index contributed by atoms with van der Waals surface area (Å²) in [5.41, 5.74) is 0.773. The number of carbonyl (C=O) groups is 4. The molecule has 5 amide bonds.